The van der Waals surface area contributed by atoms with Crippen LogP contribution in [0.1, 0.15) is 20.3 Å². The van der Waals surface area contributed by atoms with E-state index in [1.807, 2.05) is 0 Å². The molecule has 0 bridgehead atoms. The highest BCUT2D eigenvalue weighted by Gasteiger charge is 2.39. The van der Waals surface area contributed by atoms with Crippen LogP contribution in [0.2, 0.25) is 0 Å². The molecule has 1 saturated heterocycles. The maximum absolute atomic E-state index is 12.7. The molecule has 0 aliphatic carbocycles. The van der Waals surface area contributed by atoms with Crippen molar-refractivity contribution in [1.82, 2.24) is 4.90 Å². The van der Waals surface area contributed by atoms with Crippen molar-refractivity contribution in [3.63, 3.8) is 0 Å². The SMILES string of the molecule is CC(C)N1C(=O)CC(Nc2ccc(F)cc2)C1=O. The van der Waals surface area contributed by atoms with Crippen molar-refractivity contribution in [2.75, 3.05) is 5.32 Å². The number of amides is 2. The molecule has 18 heavy (non-hydrogen) atoms. The zero-order valence-corrected chi connectivity index (χ0v) is 10.3. The molecule has 1 N–H and O–H groups in total. The van der Waals surface area contributed by atoms with Crippen molar-refractivity contribution < 1.29 is 14.0 Å². The van der Waals surface area contributed by atoms with Gasteiger partial charge in [-0.25, -0.2) is 4.39 Å². The van der Waals surface area contributed by atoms with Crippen LogP contribution in [0.3, 0.4) is 0 Å². The lowest BCUT2D eigenvalue weighted by molar-refractivity contribution is -0.140. The van der Waals surface area contributed by atoms with Gasteiger partial charge in [-0.2, -0.15) is 0 Å². The summed E-state index contributed by atoms with van der Waals surface area (Å²) in [6, 6.07) is 5.03. The van der Waals surface area contributed by atoms with Gasteiger partial charge in [-0.3, -0.25) is 14.5 Å². The molecule has 5 heteroatoms. The third kappa shape index (κ3) is 2.34. The number of rotatable bonds is 3. The van der Waals surface area contributed by atoms with E-state index in [4.69, 9.17) is 0 Å². The Bertz CT molecular complexity index is 470. The van der Waals surface area contributed by atoms with E-state index < -0.39 is 6.04 Å². The first-order chi connectivity index (χ1) is 8.49. The number of hydrogen-bond donors (Lipinski definition) is 1. The Morgan fingerprint density at radius 1 is 1.28 bits per heavy atom. The van der Waals surface area contributed by atoms with Crippen LogP contribution in [0.5, 0.6) is 0 Å². The first-order valence-electron chi connectivity index (χ1n) is 5.87. The summed E-state index contributed by atoms with van der Waals surface area (Å²) in [6.45, 7) is 3.60. The van der Waals surface area contributed by atoms with E-state index in [0.717, 1.165) is 0 Å². The van der Waals surface area contributed by atoms with Gasteiger partial charge in [0.15, 0.2) is 0 Å². The fraction of sp³-hybridized carbons (Fsp3) is 0.385. The molecular weight excluding hydrogens is 235 g/mol. The molecule has 0 saturated carbocycles. The molecule has 0 spiro atoms. The van der Waals surface area contributed by atoms with Crippen LogP contribution in [-0.2, 0) is 9.59 Å². The minimum atomic E-state index is -0.551. The monoisotopic (exact) mass is 250 g/mol. The van der Waals surface area contributed by atoms with Crippen molar-refractivity contribution in [3.8, 4) is 0 Å². The normalized spacial score (nSPS) is 19.8. The second-order valence-corrected chi connectivity index (χ2v) is 4.60. The Kier molecular flexibility index (Phi) is 3.32. The number of carbonyl (C=O) groups excluding carboxylic acids is 2. The van der Waals surface area contributed by atoms with Crippen LogP contribution in [-0.4, -0.2) is 28.8 Å². The number of carbonyl (C=O) groups is 2. The molecule has 2 rings (SSSR count). The average molecular weight is 250 g/mol. The van der Waals surface area contributed by atoms with Crippen molar-refractivity contribution in [2.24, 2.45) is 0 Å². The number of anilines is 1. The molecule has 1 aliphatic rings. The second kappa shape index (κ2) is 4.76. The van der Waals surface area contributed by atoms with Crippen molar-refractivity contribution in [3.05, 3.63) is 30.1 Å². The first-order valence-corrected chi connectivity index (χ1v) is 5.87. The fourth-order valence-corrected chi connectivity index (χ4v) is 2.05. The van der Waals surface area contributed by atoms with Crippen LogP contribution >= 0.6 is 0 Å². The molecule has 1 atom stereocenters. The highest BCUT2D eigenvalue weighted by atomic mass is 19.1. The molecule has 96 valence electrons. The molecular formula is C13H15FN2O2. The largest absolute Gasteiger partial charge is 0.373 e. The van der Waals surface area contributed by atoms with Crippen molar-refractivity contribution in [1.29, 1.82) is 0 Å². The van der Waals surface area contributed by atoms with Crippen molar-refractivity contribution >= 4 is 17.5 Å². The molecule has 1 aromatic rings. The van der Waals surface area contributed by atoms with Gasteiger partial charge in [0.25, 0.3) is 5.91 Å². The lowest BCUT2D eigenvalue weighted by atomic mass is 10.2. The highest BCUT2D eigenvalue weighted by molar-refractivity contribution is 6.07. The second-order valence-electron chi connectivity index (χ2n) is 4.60. The summed E-state index contributed by atoms with van der Waals surface area (Å²) in [4.78, 5) is 24.9. The van der Waals surface area contributed by atoms with Gasteiger partial charge in [0.05, 0.1) is 6.42 Å². The topological polar surface area (TPSA) is 49.4 Å². The van der Waals surface area contributed by atoms with E-state index >= 15 is 0 Å². The maximum Gasteiger partial charge on any atom is 0.252 e. The summed E-state index contributed by atoms with van der Waals surface area (Å²) in [5.74, 6) is -0.730. The zero-order chi connectivity index (χ0) is 13.3. The van der Waals surface area contributed by atoms with E-state index in [-0.39, 0.29) is 30.1 Å². The number of nitrogens with zero attached hydrogens (tertiary/aromatic N) is 1. The molecule has 0 radical (unpaired) electrons. The Morgan fingerprint density at radius 2 is 1.89 bits per heavy atom. The van der Waals surface area contributed by atoms with Gasteiger partial charge in [-0.15, -0.1) is 0 Å². The third-order valence-electron chi connectivity index (χ3n) is 2.88. The quantitative estimate of drug-likeness (QED) is 0.832. The number of benzene rings is 1. The summed E-state index contributed by atoms with van der Waals surface area (Å²) in [7, 11) is 0. The molecule has 1 heterocycles. The van der Waals surface area contributed by atoms with Gasteiger partial charge < -0.3 is 5.32 Å². The van der Waals surface area contributed by atoms with Gasteiger partial charge in [0.2, 0.25) is 5.91 Å². The molecule has 1 aliphatic heterocycles. The summed E-state index contributed by atoms with van der Waals surface area (Å²) in [5, 5.41) is 2.95. The number of nitrogens with one attached hydrogen (secondary N) is 1. The molecule has 1 aromatic carbocycles. The summed E-state index contributed by atoms with van der Waals surface area (Å²) in [6.07, 6.45) is 0.147. The van der Waals surface area contributed by atoms with Crippen LogP contribution in [0.4, 0.5) is 10.1 Å². The van der Waals surface area contributed by atoms with Gasteiger partial charge in [-0.1, -0.05) is 0 Å². The van der Waals surface area contributed by atoms with Gasteiger partial charge in [0.1, 0.15) is 11.9 Å². The van der Waals surface area contributed by atoms with Crippen LogP contribution in [0, 0.1) is 5.82 Å². The highest BCUT2D eigenvalue weighted by Crippen LogP contribution is 2.20. The predicted molar refractivity (Wildman–Crippen MR) is 65.4 cm³/mol. The van der Waals surface area contributed by atoms with E-state index in [1.165, 1.54) is 17.0 Å². The fourth-order valence-electron chi connectivity index (χ4n) is 2.05. The molecule has 1 fully saturated rings. The number of imide groups is 1. The maximum atomic E-state index is 12.7. The summed E-state index contributed by atoms with van der Waals surface area (Å²) < 4.78 is 12.7. The van der Waals surface area contributed by atoms with Gasteiger partial charge in [-0.05, 0) is 38.1 Å². The Labute approximate surface area is 105 Å². The van der Waals surface area contributed by atoms with Crippen LogP contribution < -0.4 is 5.32 Å². The minimum Gasteiger partial charge on any atom is -0.373 e. The van der Waals surface area contributed by atoms with Gasteiger partial charge >= 0.3 is 0 Å². The first kappa shape index (κ1) is 12.5. The lowest BCUT2D eigenvalue weighted by Crippen LogP contribution is -2.39. The molecule has 1 unspecified atom stereocenters. The molecule has 0 aromatic heterocycles. The van der Waals surface area contributed by atoms with E-state index in [2.05, 4.69) is 5.32 Å². The van der Waals surface area contributed by atoms with E-state index in [1.54, 1.807) is 26.0 Å². The van der Waals surface area contributed by atoms with Crippen molar-refractivity contribution in [2.45, 2.75) is 32.4 Å². The Hall–Kier alpha value is -1.91. The number of likely N-dealkylation sites (tertiary alicyclic amines) is 1. The van der Waals surface area contributed by atoms with Gasteiger partial charge in [0, 0.05) is 11.7 Å². The third-order valence-corrected chi connectivity index (χ3v) is 2.88. The Morgan fingerprint density at radius 3 is 2.39 bits per heavy atom. The average Bonchev–Trinajstić information content (AvgIpc) is 2.57. The predicted octanol–water partition coefficient (Wildman–Crippen LogP) is 1.77. The Balaban J connectivity index is 2.10. The smallest absolute Gasteiger partial charge is 0.252 e. The van der Waals surface area contributed by atoms with Crippen LogP contribution in [0.15, 0.2) is 24.3 Å². The lowest BCUT2D eigenvalue weighted by Gasteiger charge is -2.19. The number of hydrogen-bond acceptors (Lipinski definition) is 3. The van der Waals surface area contributed by atoms with E-state index in [9.17, 15) is 14.0 Å². The number of halogens is 1. The summed E-state index contributed by atoms with van der Waals surface area (Å²) >= 11 is 0. The molecule has 4 nitrogen and oxygen atoms in total. The van der Waals surface area contributed by atoms with Crippen LogP contribution in [0.25, 0.3) is 0 Å². The van der Waals surface area contributed by atoms with E-state index in [0.29, 0.717) is 5.69 Å². The zero-order valence-electron chi connectivity index (χ0n) is 10.3. The summed E-state index contributed by atoms with van der Waals surface area (Å²) in [5.41, 5.74) is 0.633. The molecule has 2 amide bonds. The minimum absolute atomic E-state index is 0.134. The standard InChI is InChI=1S/C13H15FN2O2/c1-8(2)16-12(17)7-11(13(16)18)15-10-5-3-9(14)4-6-10/h3-6,8,11,15H,7H2,1-2H3.